The lowest BCUT2D eigenvalue weighted by atomic mass is 10.0. The van der Waals surface area contributed by atoms with Crippen LogP contribution in [0.15, 0.2) is 15.5 Å². The minimum atomic E-state index is -1.12. The molecule has 0 radical (unpaired) electrons. The molecule has 2 rings (SSSR count). The van der Waals surface area contributed by atoms with E-state index in [4.69, 9.17) is 4.42 Å². The van der Waals surface area contributed by atoms with E-state index in [2.05, 4.69) is 10.3 Å². The van der Waals surface area contributed by atoms with Crippen LogP contribution >= 0.6 is 0 Å². The van der Waals surface area contributed by atoms with Crippen molar-refractivity contribution in [3.05, 3.63) is 28.0 Å². The molecular formula is C15H19N3O5. The minimum absolute atomic E-state index is 0.0312. The number of nitrogens with one attached hydrogen (secondary N) is 1. The maximum Gasteiger partial charge on any atom is 0.326 e. The van der Waals surface area contributed by atoms with Crippen LogP contribution in [-0.4, -0.2) is 32.6 Å². The highest BCUT2D eigenvalue weighted by Crippen LogP contribution is 2.21. The van der Waals surface area contributed by atoms with E-state index in [0.717, 1.165) is 0 Å². The van der Waals surface area contributed by atoms with Crippen LogP contribution in [0.5, 0.6) is 0 Å². The zero-order chi connectivity index (χ0) is 17.3. The smallest absolute Gasteiger partial charge is 0.326 e. The van der Waals surface area contributed by atoms with E-state index in [-0.39, 0.29) is 34.8 Å². The lowest BCUT2D eigenvalue weighted by molar-refractivity contribution is -0.139. The Labute approximate surface area is 132 Å². The van der Waals surface area contributed by atoms with Gasteiger partial charge in [-0.2, -0.15) is 0 Å². The maximum atomic E-state index is 12.5. The molecule has 1 amide bonds. The molecular weight excluding hydrogens is 302 g/mol. The summed E-state index contributed by atoms with van der Waals surface area (Å²) < 4.78 is 6.58. The predicted molar refractivity (Wildman–Crippen MR) is 82.3 cm³/mol. The van der Waals surface area contributed by atoms with Crippen molar-refractivity contribution in [3.63, 3.8) is 0 Å². The first-order chi connectivity index (χ1) is 10.7. The standard InChI is InChI=1S/C15H19N3O5/c1-7(2)5-9(15(21)22)17-12(19)10-8(3)23-13-11(10)14(20)18(4)6-16-13/h6-7,9H,5H2,1-4H3,(H,17,19)(H,21,22)/t9-/m1/s1. The molecule has 0 saturated heterocycles. The largest absolute Gasteiger partial charge is 0.480 e. The topological polar surface area (TPSA) is 114 Å². The summed E-state index contributed by atoms with van der Waals surface area (Å²) in [6.45, 7) is 5.26. The van der Waals surface area contributed by atoms with Gasteiger partial charge in [-0.15, -0.1) is 0 Å². The number of furan rings is 1. The summed E-state index contributed by atoms with van der Waals surface area (Å²) in [7, 11) is 1.51. The number of aromatic nitrogens is 2. The second-order valence-corrected chi connectivity index (χ2v) is 5.87. The van der Waals surface area contributed by atoms with Crippen molar-refractivity contribution in [2.24, 2.45) is 13.0 Å². The first-order valence-electron chi connectivity index (χ1n) is 7.20. The average molecular weight is 321 g/mol. The fourth-order valence-electron chi connectivity index (χ4n) is 2.38. The van der Waals surface area contributed by atoms with E-state index >= 15 is 0 Å². The number of amides is 1. The highest BCUT2D eigenvalue weighted by Gasteiger charge is 2.27. The number of nitrogens with zero attached hydrogens (tertiary/aromatic N) is 2. The number of aliphatic carboxylic acids is 1. The number of carbonyl (C=O) groups excluding carboxylic acids is 1. The molecule has 0 spiro atoms. The second kappa shape index (κ2) is 6.23. The highest BCUT2D eigenvalue weighted by molar-refractivity contribution is 6.07. The highest BCUT2D eigenvalue weighted by atomic mass is 16.4. The monoisotopic (exact) mass is 321 g/mol. The summed E-state index contributed by atoms with van der Waals surface area (Å²) >= 11 is 0. The van der Waals surface area contributed by atoms with Crippen LogP contribution in [0.4, 0.5) is 0 Å². The van der Waals surface area contributed by atoms with Crippen LogP contribution in [-0.2, 0) is 11.8 Å². The van der Waals surface area contributed by atoms with Crippen molar-refractivity contribution >= 4 is 23.0 Å². The molecule has 8 nitrogen and oxygen atoms in total. The Morgan fingerprint density at radius 3 is 2.65 bits per heavy atom. The van der Waals surface area contributed by atoms with Gasteiger partial charge in [-0.25, -0.2) is 9.78 Å². The molecule has 0 aliphatic carbocycles. The zero-order valence-electron chi connectivity index (χ0n) is 13.4. The molecule has 2 aromatic rings. The summed E-state index contributed by atoms with van der Waals surface area (Å²) in [6, 6.07) is -1.03. The molecule has 0 bridgehead atoms. The summed E-state index contributed by atoms with van der Waals surface area (Å²) in [5.74, 6) is -1.46. The van der Waals surface area contributed by atoms with Gasteiger partial charge in [0.25, 0.3) is 11.5 Å². The fourth-order valence-corrected chi connectivity index (χ4v) is 2.38. The van der Waals surface area contributed by atoms with Crippen molar-refractivity contribution in [2.45, 2.75) is 33.2 Å². The number of carboxylic acid groups (broad SMARTS) is 1. The number of carbonyl (C=O) groups is 2. The summed E-state index contributed by atoms with van der Waals surface area (Å²) in [6.07, 6.45) is 1.58. The molecule has 0 saturated carbocycles. The number of hydrogen-bond acceptors (Lipinski definition) is 5. The molecule has 124 valence electrons. The van der Waals surface area contributed by atoms with Gasteiger partial charge in [0.05, 0.1) is 5.56 Å². The Morgan fingerprint density at radius 2 is 2.09 bits per heavy atom. The Bertz CT molecular complexity index is 818. The number of fused-ring (bicyclic) bond motifs is 1. The van der Waals surface area contributed by atoms with Crippen LogP contribution in [0.25, 0.3) is 11.1 Å². The quantitative estimate of drug-likeness (QED) is 0.851. The van der Waals surface area contributed by atoms with Gasteiger partial charge >= 0.3 is 5.97 Å². The van der Waals surface area contributed by atoms with E-state index < -0.39 is 23.5 Å². The number of aryl methyl sites for hydroxylation is 2. The maximum absolute atomic E-state index is 12.5. The van der Waals surface area contributed by atoms with Crippen molar-refractivity contribution in [1.29, 1.82) is 0 Å². The molecule has 2 heterocycles. The van der Waals surface area contributed by atoms with Gasteiger partial charge in [0.1, 0.15) is 23.5 Å². The second-order valence-electron chi connectivity index (χ2n) is 5.87. The van der Waals surface area contributed by atoms with E-state index in [1.54, 1.807) is 0 Å². The van der Waals surface area contributed by atoms with Gasteiger partial charge in [0.2, 0.25) is 5.71 Å². The Hall–Kier alpha value is -2.64. The van der Waals surface area contributed by atoms with Crippen LogP contribution in [0.2, 0.25) is 0 Å². The lowest BCUT2D eigenvalue weighted by Gasteiger charge is -2.16. The van der Waals surface area contributed by atoms with E-state index in [1.807, 2.05) is 13.8 Å². The molecule has 1 atom stereocenters. The van der Waals surface area contributed by atoms with Gasteiger partial charge in [-0.05, 0) is 19.3 Å². The number of carboxylic acids is 1. The van der Waals surface area contributed by atoms with Crippen molar-refractivity contribution in [1.82, 2.24) is 14.9 Å². The van der Waals surface area contributed by atoms with Crippen LogP contribution < -0.4 is 10.9 Å². The third-order valence-corrected chi connectivity index (χ3v) is 3.49. The fraction of sp³-hybridized carbons (Fsp3) is 0.467. The summed E-state index contributed by atoms with van der Waals surface area (Å²) in [4.78, 5) is 40.0. The molecule has 0 unspecified atom stereocenters. The minimum Gasteiger partial charge on any atom is -0.480 e. The molecule has 2 aromatic heterocycles. The predicted octanol–water partition coefficient (Wildman–Crippen LogP) is 1.06. The number of hydrogen-bond donors (Lipinski definition) is 2. The number of rotatable bonds is 5. The summed E-state index contributed by atoms with van der Waals surface area (Å²) in [5, 5.41) is 11.7. The Morgan fingerprint density at radius 1 is 1.43 bits per heavy atom. The van der Waals surface area contributed by atoms with Crippen LogP contribution in [0.1, 0.15) is 36.4 Å². The molecule has 0 fully saturated rings. The van der Waals surface area contributed by atoms with Crippen LogP contribution in [0.3, 0.4) is 0 Å². The third-order valence-electron chi connectivity index (χ3n) is 3.49. The van der Waals surface area contributed by atoms with Crippen molar-refractivity contribution in [3.8, 4) is 0 Å². The molecule has 0 aliphatic heterocycles. The van der Waals surface area contributed by atoms with Crippen LogP contribution in [0, 0.1) is 12.8 Å². The SMILES string of the molecule is Cc1oc2ncn(C)c(=O)c2c1C(=O)N[C@H](CC(C)C)C(=O)O. The molecule has 2 N–H and O–H groups in total. The molecule has 0 aliphatic rings. The third kappa shape index (κ3) is 3.25. The first kappa shape index (κ1) is 16.7. The average Bonchev–Trinajstić information content (AvgIpc) is 2.78. The molecule has 0 aromatic carbocycles. The molecule has 8 heteroatoms. The van der Waals surface area contributed by atoms with E-state index in [1.165, 1.54) is 24.9 Å². The van der Waals surface area contributed by atoms with E-state index in [0.29, 0.717) is 0 Å². The van der Waals surface area contributed by atoms with E-state index in [9.17, 15) is 19.5 Å². The van der Waals surface area contributed by atoms with Gasteiger partial charge < -0.3 is 19.4 Å². The van der Waals surface area contributed by atoms with Gasteiger partial charge in [-0.3, -0.25) is 9.59 Å². The lowest BCUT2D eigenvalue weighted by Crippen LogP contribution is -2.42. The van der Waals surface area contributed by atoms with Gasteiger partial charge in [0, 0.05) is 7.05 Å². The van der Waals surface area contributed by atoms with Gasteiger partial charge in [-0.1, -0.05) is 13.8 Å². The first-order valence-corrected chi connectivity index (χ1v) is 7.20. The van der Waals surface area contributed by atoms with Crippen molar-refractivity contribution in [2.75, 3.05) is 0 Å². The van der Waals surface area contributed by atoms with Gasteiger partial charge in [0.15, 0.2) is 0 Å². The zero-order valence-corrected chi connectivity index (χ0v) is 13.4. The normalized spacial score (nSPS) is 12.6. The molecule has 23 heavy (non-hydrogen) atoms. The Balaban J connectivity index is 2.45. The Kier molecular flexibility index (Phi) is 4.53. The van der Waals surface area contributed by atoms with Crippen molar-refractivity contribution < 1.29 is 19.1 Å². The summed E-state index contributed by atoms with van der Waals surface area (Å²) in [5.41, 5.74) is -0.331.